The number of hydrogen-bond acceptors (Lipinski definition) is 3. The van der Waals surface area contributed by atoms with Gasteiger partial charge in [-0.1, -0.05) is 37.3 Å². The zero-order valence-corrected chi connectivity index (χ0v) is 13.3. The summed E-state index contributed by atoms with van der Waals surface area (Å²) in [6.45, 7) is 1.41. The lowest BCUT2D eigenvalue weighted by atomic mass is 10.0. The van der Waals surface area contributed by atoms with Crippen LogP contribution in [0.15, 0.2) is 30.3 Å². The molecule has 0 saturated carbocycles. The Morgan fingerprint density at radius 1 is 1.18 bits per heavy atom. The van der Waals surface area contributed by atoms with E-state index in [2.05, 4.69) is 0 Å². The molecule has 1 aromatic carbocycles. The van der Waals surface area contributed by atoms with Gasteiger partial charge in [0, 0.05) is 18.2 Å². The third-order valence-electron chi connectivity index (χ3n) is 3.77. The molecule has 0 saturated heterocycles. The Morgan fingerprint density at radius 3 is 2.27 bits per heavy atom. The Hall–Kier alpha value is -1.65. The lowest BCUT2D eigenvalue weighted by molar-refractivity contribution is -0.142. The summed E-state index contributed by atoms with van der Waals surface area (Å²) in [5, 5.41) is 17.8. The average Bonchev–Trinajstić information content (AvgIpc) is 2.45. The van der Waals surface area contributed by atoms with Gasteiger partial charge < -0.3 is 15.1 Å². The third kappa shape index (κ3) is 5.62. The summed E-state index contributed by atoms with van der Waals surface area (Å²) in [4.78, 5) is 32.0. The molecule has 0 aliphatic carbocycles. The molecule has 0 aliphatic heterocycles. The molecule has 3 N–H and O–H groups in total. The standard InChI is InChI=1S/C15H21O6P/c1-11(13(15(18)19)7-8-14(16)17)22(20,21)10-9-12-5-3-2-4-6-12/h2-6,11,13H,7-10H2,1H3,(H,16,17)(H,18,19)(H,20,21). The third-order valence-corrected chi connectivity index (χ3v) is 6.27. The van der Waals surface area contributed by atoms with Gasteiger partial charge in [0.25, 0.3) is 0 Å². The summed E-state index contributed by atoms with van der Waals surface area (Å²) in [7, 11) is -3.69. The molecule has 0 radical (unpaired) electrons. The van der Waals surface area contributed by atoms with Crippen LogP contribution in [0.1, 0.15) is 25.3 Å². The second-order valence-corrected chi connectivity index (χ2v) is 8.11. The van der Waals surface area contributed by atoms with Crippen molar-refractivity contribution in [3.63, 3.8) is 0 Å². The van der Waals surface area contributed by atoms with Crippen molar-refractivity contribution in [1.82, 2.24) is 0 Å². The molecule has 122 valence electrons. The first-order valence-corrected chi connectivity index (χ1v) is 8.95. The maximum Gasteiger partial charge on any atom is 0.307 e. The minimum absolute atomic E-state index is 0.0188. The van der Waals surface area contributed by atoms with Crippen molar-refractivity contribution in [2.24, 2.45) is 5.92 Å². The van der Waals surface area contributed by atoms with Gasteiger partial charge >= 0.3 is 11.9 Å². The fraction of sp³-hybridized carbons (Fsp3) is 0.467. The van der Waals surface area contributed by atoms with E-state index in [1.165, 1.54) is 6.92 Å². The number of carboxylic acids is 2. The summed E-state index contributed by atoms with van der Waals surface area (Å²) >= 11 is 0. The van der Waals surface area contributed by atoms with Gasteiger partial charge in [-0.05, 0) is 18.4 Å². The van der Waals surface area contributed by atoms with E-state index < -0.39 is 30.9 Å². The van der Waals surface area contributed by atoms with Crippen LogP contribution in [0.2, 0.25) is 0 Å². The van der Waals surface area contributed by atoms with E-state index in [1.807, 2.05) is 30.3 Å². The highest BCUT2D eigenvalue weighted by Gasteiger charge is 2.37. The van der Waals surface area contributed by atoms with Gasteiger partial charge in [-0.25, -0.2) is 0 Å². The molecule has 0 amide bonds. The summed E-state index contributed by atoms with van der Waals surface area (Å²) in [6.07, 6.45) is -0.124. The molecule has 0 aromatic heterocycles. The molecule has 3 unspecified atom stereocenters. The number of aliphatic carboxylic acids is 2. The molecule has 0 aliphatic rings. The van der Waals surface area contributed by atoms with Gasteiger partial charge in [-0.2, -0.15) is 0 Å². The molecular formula is C15H21O6P. The summed E-state index contributed by atoms with van der Waals surface area (Å²) < 4.78 is 12.4. The first kappa shape index (κ1) is 18.4. The highest BCUT2D eigenvalue weighted by atomic mass is 31.2. The summed E-state index contributed by atoms with van der Waals surface area (Å²) in [5.41, 5.74) is -0.0746. The van der Waals surface area contributed by atoms with Crippen molar-refractivity contribution >= 4 is 19.3 Å². The molecule has 0 bridgehead atoms. The lowest BCUT2D eigenvalue weighted by Gasteiger charge is -2.24. The van der Waals surface area contributed by atoms with Crippen molar-refractivity contribution < 1.29 is 29.3 Å². The molecule has 1 aromatic rings. The first-order valence-electron chi connectivity index (χ1n) is 7.04. The lowest BCUT2D eigenvalue weighted by Crippen LogP contribution is -2.27. The normalized spacial score (nSPS) is 16.5. The van der Waals surface area contributed by atoms with E-state index >= 15 is 0 Å². The number of rotatable bonds is 9. The minimum atomic E-state index is -3.69. The maximum atomic E-state index is 12.4. The summed E-state index contributed by atoms with van der Waals surface area (Å²) in [5.74, 6) is -3.49. The molecule has 6 nitrogen and oxygen atoms in total. The Labute approximate surface area is 129 Å². The Morgan fingerprint density at radius 2 is 1.77 bits per heavy atom. The fourth-order valence-electron chi connectivity index (χ4n) is 2.27. The van der Waals surface area contributed by atoms with Crippen LogP contribution in [0.4, 0.5) is 0 Å². The van der Waals surface area contributed by atoms with E-state index in [9.17, 15) is 24.2 Å². The van der Waals surface area contributed by atoms with E-state index in [-0.39, 0.29) is 19.0 Å². The predicted octanol–water partition coefficient (Wildman–Crippen LogP) is 2.45. The van der Waals surface area contributed by atoms with E-state index in [1.54, 1.807) is 0 Å². The smallest absolute Gasteiger partial charge is 0.307 e. The number of carboxylic acid groups (broad SMARTS) is 2. The largest absolute Gasteiger partial charge is 0.481 e. The molecule has 0 fully saturated rings. The van der Waals surface area contributed by atoms with E-state index in [0.29, 0.717) is 6.42 Å². The van der Waals surface area contributed by atoms with Crippen molar-refractivity contribution in [1.29, 1.82) is 0 Å². The molecule has 0 spiro atoms. The van der Waals surface area contributed by atoms with Crippen LogP contribution in [0.3, 0.4) is 0 Å². The molecule has 22 heavy (non-hydrogen) atoms. The van der Waals surface area contributed by atoms with Crippen molar-refractivity contribution in [3.8, 4) is 0 Å². The van der Waals surface area contributed by atoms with Crippen LogP contribution in [-0.4, -0.2) is 38.9 Å². The van der Waals surface area contributed by atoms with Crippen LogP contribution in [0.5, 0.6) is 0 Å². The maximum absolute atomic E-state index is 12.4. The second-order valence-electron chi connectivity index (χ2n) is 5.33. The Balaban J connectivity index is 2.73. The van der Waals surface area contributed by atoms with Crippen molar-refractivity contribution in [2.75, 3.05) is 6.16 Å². The second kappa shape index (κ2) is 8.11. The van der Waals surface area contributed by atoms with Crippen LogP contribution in [0, 0.1) is 5.92 Å². The van der Waals surface area contributed by atoms with Crippen LogP contribution in [0.25, 0.3) is 0 Å². The quantitative estimate of drug-likeness (QED) is 0.600. The zero-order chi connectivity index (χ0) is 16.8. The van der Waals surface area contributed by atoms with E-state index in [4.69, 9.17) is 5.11 Å². The monoisotopic (exact) mass is 328 g/mol. The predicted molar refractivity (Wildman–Crippen MR) is 82.3 cm³/mol. The van der Waals surface area contributed by atoms with Gasteiger partial charge in [0.1, 0.15) is 0 Å². The molecule has 7 heteroatoms. The Kier molecular flexibility index (Phi) is 6.78. The molecule has 3 atom stereocenters. The van der Waals surface area contributed by atoms with Gasteiger partial charge in [0.05, 0.1) is 5.92 Å². The van der Waals surface area contributed by atoms with Crippen LogP contribution in [-0.2, 0) is 20.6 Å². The highest BCUT2D eigenvalue weighted by molar-refractivity contribution is 7.58. The Bertz CT molecular complexity index is 556. The molecular weight excluding hydrogens is 307 g/mol. The van der Waals surface area contributed by atoms with E-state index in [0.717, 1.165) is 5.56 Å². The SMILES string of the molecule is CC(C(CCC(=O)O)C(=O)O)P(=O)(O)CCc1ccccc1. The van der Waals surface area contributed by atoms with Crippen molar-refractivity contribution in [2.45, 2.75) is 31.8 Å². The van der Waals surface area contributed by atoms with Gasteiger partial charge in [-0.15, -0.1) is 0 Å². The molecule has 0 heterocycles. The topological polar surface area (TPSA) is 112 Å². The van der Waals surface area contributed by atoms with Crippen molar-refractivity contribution in [3.05, 3.63) is 35.9 Å². The fourth-order valence-corrected chi connectivity index (χ4v) is 4.09. The van der Waals surface area contributed by atoms with Gasteiger partial charge in [-0.3, -0.25) is 14.2 Å². The highest BCUT2D eigenvalue weighted by Crippen LogP contribution is 2.50. The van der Waals surface area contributed by atoms with Crippen LogP contribution < -0.4 is 0 Å². The first-order chi connectivity index (χ1) is 10.2. The minimum Gasteiger partial charge on any atom is -0.481 e. The van der Waals surface area contributed by atoms with Crippen LogP contribution >= 0.6 is 7.37 Å². The number of benzene rings is 1. The summed E-state index contributed by atoms with van der Waals surface area (Å²) in [6, 6.07) is 9.17. The zero-order valence-electron chi connectivity index (χ0n) is 12.4. The molecule has 1 rings (SSSR count). The number of carbonyl (C=O) groups is 2. The average molecular weight is 328 g/mol. The number of hydrogen-bond donors (Lipinski definition) is 3. The number of aryl methyl sites for hydroxylation is 1. The van der Waals surface area contributed by atoms with Gasteiger partial charge in [0.2, 0.25) is 7.37 Å². The van der Waals surface area contributed by atoms with Gasteiger partial charge in [0.15, 0.2) is 0 Å².